The van der Waals surface area contributed by atoms with E-state index in [1.165, 1.54) is 6.92 Å². The average molecular weight is 1170 g/mol. The van der Waals surface area contributed by atoms with Gasteiger partial charge in [-0.25, -0.2) is 4.98 Å². The molecule has 0 amide bonds. The monoisotopic (exact) mass is 1170 g/mol. The van der Waals surface area contributed by atoms with Crippen molar-refractivity contribution in [1.29, 1.82) is 0 Å². The van der Waals surface area contributed by atoms with Gasteiger partial charge < -0.3 is 40.0 Å². The third-order valence-electron chi connectivity index (χ3n) is 7.08. The second-order valence-electron chi connectivity index (χ2n) is 9.54. The molecule has 1 atom stereocenters. The summed E-state index contributed by atoms with van der Waals surface area (Å²) >= 11 is 0. The summed E-state index contributed by atoms with van der Waals surface area (Å²) in [6.45, 7) is 5.77. The maximum absolute atomic E-state index is 13.2. The van der Waals surface area contributed by atoms with Crippen LogP contribution in [0.25, 0.3) is 38.7 Å². The van der Waals surface area contributed by atoms with Crippen molar-refractivity contribution < 1.29 is 161 Å². The molecular weight excluding hydrogens is 1150 g/mol. The van der Waals surface area contributed by atoms with Crippen LogP contribution in [0.1, 0.15) is 22.8 Å². The number of nitrogens with zero attached hydrogens (tertiary/aromatic N) is 3. The Labute approximate surface area is 330 Å². The van der Waals surface area contributed by atoms with E-state index < -0.39 is 28.4 Å². The molecular formula is C25H23Ac3N4O7-. The number of carbonyl (C=O) groups is 1. The van der Waals surface area contributed by atoms with Gasteiger partial charge in [-0.2, -0.15) is 0 Å². The third-order valence-corrected chi connectivity index (χ3v) is 7.08. The van der Waals surface area contributed by atoms with E-state index in [-0.39, 0.29) is 188 Å². The van der Waals surface area contributed by atoms with Gasteiger partial charge in [-0.3, -0.25) is 9.59 Å². The van der Waals surface area contributed by atoms with Crippen LogP contribution in [0.5, 0.6) is 17.2 Å². The summed E-state index contributed by atoms with van der Waals surface area (Å²) in [4.78, 5) is 35.0. The molecule has 0 saturated carbocycles. The first-order valence-electron chi connectivity index (χ1n) is 11.4. The van der Waals surface area contributed by atoms with E-state index in [9.17, 15) is 24.9 Å². The van der Waals surface area contributed by atoms with E-state index in [1.807, 2.05) is 7.05 Å². The summed E-state index contributed by atoms with van der Waals surface area (Å²) in [5, 5.41) is 31.8. The van der Waals surface area contributed by atoms with Gasteiger partial charge in [0.1, 0.15) is 33.9 Å². The molecule has 6 rings (SSSR count). The Morgan fingerprint density at radius 1 is 1.03 bits per heavy atom. The van der Waals surface area contributed by atoms with Crippen LogP contribution >= 0.6 is 0 Å². The molecule has 4 N–H and O–H groups in total. The van der Waals surface area contributed by atoms with Crippen LogP contribution in [0.3, 0.4) is 0 Å². The maximum atomic E-state index is 13.2. The van der Waals surface area contributed by atoms with Gasteiger partial charge >= 0.3 is 0 Å². The molecule has 3 radical (unpaired) electrons. The molecule has 3 heterocycles. The number of carbonyl (C=O) groups excluding carboxylic acids is 1. The summed E-state index contributed by atoms with van der Waals surface area (Å²) in [6.07, 6.45) is 0. The number of phenols is 2. The van der Waals surface area contributed by atoms with Crippen molar-refractivity contribution in [3.63, 3.8) is 0 Å². The number of fused-ring (bicyclic) bond motifs is 6. The van der Waals surface area contributed by atoms with E-state index >= 15 is 0 Å². The Hall–Kier alpha value is 0.235. The molecule has 0 spiro atoms. The molecule has 195 valence electrons. The smallest absolute Gasteiger partial charge is 0.270 e. The van der Waals surface area contributed by atoms with E-state index in [2.05, 4.69) is 14.8 Å². The number of Topliss-reactive ketones (excluding diaryl/α,β-unsaturated/α-hetero) is 1. The van der Waals surface area contributed by atoms with Crippen molar-refractivity contribution in [3.8, 4) is 17.2 Å². The molecule has 1 fully saturated rings. The van der Waals surface area contributed by atoms with Crippen LogP contribution in [0.2, 0.25) is 0 Å². The normalized spacial score (nSPS) is 18.9. The van der Waals surface area contributed by atoms with Gasteiger partial charge in [0.15, 0.2) is 11.0 Å². The van der Waals surface area contributed by atoms with Crippen molar-refractivity contribution in [2.75, 3.05) is 38.1 Å². The molecule has 2 aliphatic rings. The fourth-order valence-corrected chi connectivity index (χ4v) is 5.02. The van der Waals surface area contributed by atoms with Crippen LogP contribution in [0, 0.1) is 139 Å². The van der Waals surface area contributed by atoms with Crippen LogP contribution in [-0.4, -0.2) is 70.0 Å². The number of rotatable bonds is 1. The Bertz CT molecular complexity index is 1720. The summed E-state index contributed by atoms with van der Waals surface area (Å²) in [7, 11) is 2.04. The standard InChI is InChI=1S/C25H24N4O7.3Ac/c1-10-20(31)15-14(16-22(10)36-25(2,34)24(16)33)19-23(17(26)21(15)32)35-13-9-11(8-12(30)18(13)27-19)29-6-4-28(3)5-7-29;;;/h8-9,34H,4-7H2,1-3H3,(H4,26,27,30,31,32,33);;;/p-1. The van der Waals surface area contributed by atoms with Gasteiger partial charge in [0.25, 0.3) is 5.79 Å². The van der Waals surface area contributed by atoms with Crippen molar-refractivity contribution in [2.24, 2.45) is 0 Å². The Balaban J connectivity index is 0.00000140. The molecule has 14 heteroatoms. The number of nitrogens with one attached hydrogen (secondary N) is 1. The Kier molecular flexibility index (Phi) is 10.5. The number of aromatic hydroxyl groups is 2. The number of ether oxygens (including phenoxy) is 1. The second-order valence-corrected chi connectivity index (χ2v) is 9.54. The van der Waals surface area contributed by atoms with Crippen molar-refractivity contribution >= 4 is 50.1 Å². The molecule has 39 heavy (non-hydrogen) atoms. The van der Waals surface area contributed by atoms with Gasteiger partial charge in [-0.1, -0.05) is 5.69 Å². The first-order chi connectivity index (χ1) is 17.0. The van der Waals surface area contributed by atoms with Gasteiger partial charge in [-0.05, 0) is 14.0 Å². The average Bonchev–Trinajstić information content (AvgIpc) is 3.08. The zero-order chi connectivity index (χ0) is 25.7. The van der Waals surface area contributed by atoms with Crippen molar-refractivity contribution in [1.82, 2.24) is 9.88 Å². The maximum Gasteiger partial charge on any atom is 0.270 e. The van der Waals surface area contributed by atoms with Crippen LogP contribution in [-0.2, 0) is 0 Å². The number of aliphatic hydroxyl groups is 1. The van der Waals surface area contributed by atoms with E-state index in [0.29, 0.717) is 5.69 Å². The number of benzene rings is 3. The van der Waals surface area contributed by atoms with Crippen molar-refractivity contribution in [3.05, 3.63) is 39.2 Å². The predicted molar refractivity (Wildman–Crippen MR) is 133 cm³/mol. The molecule has 3 aromatic carbocycles. The largest absolute Gasteiger partial charge is 0.693 e. The molecule has 0 aliphatic carbocycles. The molecule has 1 unspecified atom stereocenters. The summed E-state index contributed by atoms with van der Waals surface area (Å²) in [5.74, 6) is -4.00. The molecule has 0 bridgehead atoms. The van der Waals surface area contributed by atoms with Gasteiger partial charge in [0.05, 0.1) is 10.9 Å². The Morgan fingerprint density at radius 3 is 2.31 bits per heavy atom. The molecule has 2 aliphatic heterocycles. The Morgan fingerprint density at radius 2 is 1.67 bits per heavy atom. The number of likely N-dealkylation sites (N-methyl/N-ethyl adjacent to an activating group) is 1. The topological polar surface area (TPSA) is 160 Å². The molecule has 1 saturated heterocycles. The zero-order valence-corrected chi connectivity index (χ0v) is 35.8. The van der Waals surface area contributed by atoms with Crippen molar-refractivity contribution in [2.45, 2.75) is 19.6 Å². The van der Waals surface area contributed by atoms with Gasteiger partial charge in [-0.15, -0.1) is 0 Å². The van der Waals surface area contributed by atoms with E-state index in [1.54, 1.807) is 12.1 Å². The number of hydrogen-bond donors (Lipinski definition) is 3. The summed E-state index contributed by atoms with van der Waals surface area (Å²) < 4.78 is 11.4. The first kappa shape index (κ1) is 33.7. The SMILES string of the molecule is Cc1c2c(c3c(c(O)c([NH-])c4oc5cc(N6CCN(C)CC6)cc(O)c5nc43)c1=O)C(=O)C(C)(O)O2.[Ac].[Ac].[Ac]. The number of ketones is 1. The number of aromatic nitrogens is 1. The van der Waals surface area contributed by atoms with E-state index in [4.69, 9.17) is 14.9 Å². The number of piperazine rings is 1. The number of anilines is 1. The molecule has 1 aromatic heterocycles. The first-order valence-corrected chi connectivity index (χ1v) is 11.4. The fourth-order valence-electron chi connectivity index (χ4n) is 5.02. The number of phenolic OH excluding ortho intramolecular Hbond substituents is 2. The van der Waals surface area contributed by atoms with Crippen LogP contribution in [0.15, 0.2) is 21.3 Å². The quantitative estimate of drug-likeness (QED) is 0.147. The fraction of sp³-hybridized carbons (Fsp3) is 0.320. The third kappa shape index (κ3) is 5.31. The molecule has 4 aromatic rings. The van der Waals surface area contributed by atoms with E-state index in [0.717, 1.165) is 33.1 Å². The number of hydrogen-bond acceptors (Lipinski definition) is 10. The van der Waals surface area contributed by atoms with Crippen LogP contribution < -0.4 is 15.1 Å². The molecule has 11 nitrogen and oxygen atoms in total. The minimum Gasteiger partial charge on any atom is -0.693 e. The van der Waals surface area contributed by atoms with Gasteiger partial charge in [0, 0.05) is 194 Å². The minimum atomic E-state index is -2.22. The van der Waals surface area contributed by atoms with Crippen LogP contribution in [0.4, 0.5) is 11.4 Å². The summed E-state index contributed by atoms with van der Waals surface area (Å²) in [5.41, 5.74) is 7.92. The predicted octanol–water partition coefficient (Wildman–Crippen LogP) is 2.93. The minimum absolute atomic E-state index is 0. The second kappa shape index (κ2) is 12.1. The zero-order valence-electron chi connectivity index (χ0n) is 21.5. The summed E-state index contributed by atoms with van der Waals surface area (Å²) in [6, 6.07) is 3.27. The van der Waals surface area contributed by atoms with Gasteiger partial charge in [0.2, 0.25) is 5.78 Å².